The van der Waals surface area contributed by atoms with Crippen molar-refractivity contribution < 1.29 is 0 Å². The van der Waals surface area contributed by atoms with E-state index in [0.717, 1.165) is 67.7 Å². The maximum Gasteiger partial charge on any atom is 0.100 e. The molecule has 6 aromatic rings. The lowest BCUT2D eigenvalue weighted by Gasteiger charge is -2.17. The summed E-state index contributed by atoms with van der Waals surface area (Å²) in [4.78, 5) is 4.99. The van der Waals surface area contributed by atoms with E-state index >= 15 is 0 Å². The molecule has 2 aliphatic carbocycles. The van der Waals surface area contributed by atoms with Crippen molar-refractivity contribution in [2.24, 2.45) is 0 Å². The Balaban J connectivity index is 1.25. The highest BCUT2D eigenvalue weighted by atomic mass is 127. The van der Waals surface area contributed by atoms with Gasteiger partial charge in [0.2, 0.25) is 0 Å². The van der Waals surface area contributed by atoms with E-state index in [4.69, 9.17) is 4.98 Å². The second-order valence-electron chi connectivity index (χ2n) is 13.6. The van der Waals surface area contributed by atoms with Crippen molar-refractivity contribution in [3.05, 3.63) is 184 Å². The minimum absolute atomic E-state index is 0.362. The number of fused-ring (bicyclic) bond motifs is 2. The van der Waals surface area contributed by atoms with Crippen LogP contribution in [0.15, 0.2) is 132 Å². The Morgan fingerprint density at radius 3 is 2.15 bits per heavy atom. The van der Waals surface area contributed by atoms with Gasteiger partial charge in [0.05, 0.1) is 40.4 Å². The van der Waals surface area contributed by atoms with Crippen molar-refractivity contribution in [2.45, 2.75) is 25.2 Å². The minimum atomic E-state index is 0.362. The summed E-state index contributed by atoms with van der Waals surface area (Å²) in [5.41, 5.74) is 10.3. The lowest BCUT2D eigenvalue weighted by Crippen LogP contribution is -2.30. The van der Waals surface area contributed by atoms with E-state index in [-0.39, 0.29) is 0 Å². The SMILES string of the molecule is N#Cc1ccc(-c2ncn(C(/C=C\I)=C(/C=C/c3ccc4c(c3)=CCC(c3ccc5c(c3)=CCCC=5)C=4)c3ccccc3I)c2-c2ccc(C#N)cc2)cc1. The average Bonchev–Trinajstić information content (AvgIpc) is 3.68. The van der Waals surface area contributed by atoms with Crippen LogP contribution in [0.2, 0.25) is 0 Å². The van der Waals surface area contributed by atoms with E-state index in [1.54, 1.807) is 0 Å². The Bertz CT molecular complexity index is 2880. The van der Waals surface area contributed by atoms with Crippen LogP contribution in [0.4, 0.5) is 0 Å². The second kappa shape index (κ2) is 16.4. The standard InChI is InChI=1S/C49H34I2N4/c50-26-25-47(55-32-54-48(37-15-10-34(30-52)11-16-37)49(55)38-17-12-35(31-53)13-18-38)45(44-7-3-4-8-46(44)51)24-14-33-9-19-41-29-43(23-22-40(41)27-33)42-21-20-36-5-1-2-6-39(36)28-42/h3-22,24-29,32,43H,1-2,23H2/b24-14+,26-25-,47-45-. The molecule has 0 saturated carbocycles. The van der Waals surface area contributed by atoms with Gasteiger partial charge in [-0.1, -0.05) is 132 Å². The van der Waals surface area contributed by atoms with Crippen LogP contribution >= 0.6 is 45.2 Å². The number of imidazole rings is 1. The summed E-state index contributed by atoms with van der Waals surface area (Å²) in [5.74, 6) is 0.362. The zero-order valence-electron chi connectivity index (χ0n) is 29.8. The van der Waals surface area contributed by atoms with Crippen molar-refractivity contribution in [1.29, 1.82) is 10.5 Å². The van der Waals surface area contributed by atoms with E-state index in [9.17, 15) is 10.5 Å². The summed E-state index contributed by atoms with van der Waals surface area (Å²) in [6.45, 7) is 0. The fourth-order valence-corrected chi connectivity index (χ4v) is 8.43. The predicted molar refractivity (Wildman–Crippen MR) is 243 cm³/mol. The van der Waals surface area contributed by atoms with Crippen molar-refractivity contribution in [1.82, 2.24) is 9.55 Å². The lowest BCUT2D eigenvalue weighted by atomic mass is 9.89. The summed E-state index contributed by atoms with van der Waals surface area (Å²) in [5, 5.41) is 24.3. The zero-order chi connectivity index (χ0) is 37.7. The molecular formula is C49H34I2N4. The molecule has 0 bridgehead atoms. The predicted octanol–water partition coefficient (Wildman–Crippen LogP) is 9.70. The van der Waals surface area contributed by atoms with Gasteiger partial charge in [-0.2, -0.15) is 10.5 Å². The topological polar surface area (TPSA) is 65.4 Å². The van der Waals surface area contributed by atoms with Gasteiger partial charge in [-0.05, 0) is 126 Å². The Labute approximate surface area is 348 Å². The third kappa shape index (κ3) is 7.71. The molecule has 264 valence electrons. The summed E-state index contributed by atoms with van der Waals surface area (Å²) in [6, 6.07) is 41.7. The zero-order valence-corrected chi connectivity index (χ0v) is 34.1. The normalized spacial score (nSPS) is 15.0. The first-order valence-corrected chi connectivity index (χ1v) is 20.5. The molecule has 6 heteroatoms. The number of aromatic nitrogens is 2. The molecular weight excluding hydrogens is 898 g/mol. The molecule has 1 heterocycles. The molecule has 0 aliphatic heterocycles. The van der Waals surface area contributed by atoms with Gasteiger partial charge in [0.1, 0.15) is 6.33 Å². The number of hydrogen-bond donors (Lipinski definition) is 0. The molecule has 8 rings (SSSR count). The molecule has 5 aromatic carbocycles. The van der Waals surface area contributed by atoms with Crippen molar-refractivity contribution in [3.8, 4) is 34.7 Å². The third-order valence-electron chi connectivity index (χ3n) is 10.2. The van der Waals surface area contributed by atoms with E-state index in [1.807, 2.05) is 58.9 Å². The van der Waals surface area contributed by atoms with E-state index in [1.165, 1.54) is 26.4 Å². The first-order valence-electron chi connectivity index (χ1n) is 18.2. The first-order chi connectivity index (χ1) is 27.0. The molecule has 0 fully saturated rings. The maximum atomic E-state index is 9.57. The summed E-state index contributed by atoms with van der Waals surface area (Å²) < 4.78 is 5.29. The number of benzene rings is 5. The molecule has 0 spiro atoms. The highest BCUT2D eigenvalue weighted by Gasteiger charge is 2.20. The van der Waals surface area contributed by atoms with Crippen LogP contribution in [0.25, 0.3) is 64.2 Å². The van der Waals surface area contributed by atoms with Crippen LogP contribution in [-0.2, 0) is 0 Å². The number of hydrogen-bond acceptors (Lipinski definition) is 3. The molecule has 1 unspecified atom stereocenters. The van der Waals surface area contributed by atoms with Crippen LogP contribution in [0.5, 0.6) is 0 Å². The summed E-state index contributed by atoms with van der Waals surface area (Å²) >= 11 is 4.70. The lowest BCUT2D eigenvalue weighted by molar-refractivity contribution is 0.917. The number of nitriles is 2. The molecule has 1 atom stereocenters. The van der Waals surface area contributed by atoms with E-state index in [2.05, 4.69) is 165 Å². The summed E-state index contributed by atoms with van der Waals surface area (Å²) in [7, 11) is 0. The van der Waals surface area contributed by atoms with Crippen molar-refractivity contribution >= 4 is 86.8 Å². The highest BCUT2D eigenvalue weighted by molar-refractivity contribution is 14.1. The Hall–Kier alpha value is -5.55. The van der Waals surface area contributed by atoms with E-state index < -0.39 is 0 Å². The van der Waals surface area contributed by atoms with Crippen molar-refractivity contribution in [3.63, 3.8) is 0 Å². The molecule has 0 saturated heterocycles. The molecule has 0 N–H and O–H groups in total. The average molecular weight is 933 g/mol. The molecule has 2 aliphatic rings. The second-order valence-corrected chi connectivity index (χ2v) is 15.5. The van der Waals surface area contributed by atoms with Gasteiger partial charge >= 0.3 is 0 Å². The Kier molecular flexibility index (Phi) is 10.9. The van der Waals surface area contributed by atoms with Crippen LogP contribution in [0, 0.1) is 26.2 Å². The van der Waals surface area contributed by atoms with Gasteiger partial charge in [0.25, 0.3) is 0 Å². The minimum Gasteiger partial charge on any atom is -0.298 e. The number of rotatable bonds is 8. The third-order valence-corrected chi connectivity index (χ3v) is 11.5. The number of halogens is 2. The Morgan fingerprint density at radius 2 is 1.42 bits per heavy atom. The fraction of sp³-hybridized carbons (Fsp3) is 0.0816. The van der Waals surface area contributed by atoms with Crippen LogP contribution in [-0.4, -0.2) is 9.55 Å². The molecule has 1 aromatic heterocycles. The van der Waals surface area contributed by atoms with Crippen LogP contribution < -0.4 is 20.9 Å². The fourth-order valence-electron chi connectivity index (χ4n) is 7.42. The largest absolute Gasteiger partial charge is 0.298 e. The van der Waals surface area contributed by atoms with Gasteiger partial charge in [-0.3, -0.25) is 4.57 Å². The van der Waals surface area contributed by atoms with Gasteiger partial charge in [0, 0.05) is 26.2 Å². The van der Waals surface area contributed by atoms with Crippen molar-refractivity contribution in [2.75, 3.05) is 0 Å². The van der Waals surface area contributed by atoms with Gasteiger partial charge in [-0.15, -0.1) is 0 Å². The van der Waals surface area contributed by atoms with Gasteiger partial charge in [-0.25, -0.2) is 4.98 Å². The van der Waals surface area contributed by atoms with E-state index in [0.29, 0.717) is 17.0 Å². The molecule has 0 amide bonds. The first kappa shape index (κ1) is 36.4. The van der Waals surface area contributed by atoms with Gasteiger partial charge < -0.3 is 0 Å². The summed E-state index contributed by atoms with van der Waals surface area (Å²) in [6.07, 6.45) is 21.1. The van der Waals surface area contributed by atoms with Crippen LogP contribution in [0.3, 0.4) is 0 Å². The highest BCUT2D eigenvalue weighted by Crippen LogP contribution is 2.37. The molecule has 4 nitrogen and oxygen atoms in total. The quantitative estimate of drug-likeness (QED) is 0.113. The number of allylic oxidation sites excluding steroid dienone is 4. The monoisotopic (exact) mass is 932 g/mol. The smallest absolute Gasteiger partial charge is 0.100 e. The van der Waals surface area contributed by atoms with Gasteiger partial charge in [0.15, 0.2) is 0 Å². The molecule has 55 heavy (non-hydrogen) atoms. The maximum absolute atomic E-state index is 9.57. The number of nitrogens with zero attached hydrogens (tertiary/aromatic N) is 4. The Morgan fingerprint density at radius 1 is 0.727 bits per heavy atom. The van der Waals surface area contributed by atoms with Crippen LogP contribution in [0.1, 0.15) is 53.0 Å². The molecule has 0 radical (unpaired) electrons.